The molecule has 1 rings (SSSR count). The third kappa shape index (κ3) is 5.09. The molecule has 0 radical (unpaired) electrons. The Hall–Kier alpha value is -0.370. The van der Waals surface area contributed by atoms with E-state index in [1.54, 1.807) is 0 Å². The third-order valence-electron chi connectivity index (χ3n) is 2.89. The predicted octanol–water partition coefficient (Wildman–Crippen LogP) is 1.43. The summed E-state index contributed by atoms with van der Waals surface area (Å²) in [6.45, 7) is 0.577. The van der Waals surface area contributed by atoms with E-state index in [0.29, 0.717) is 13.0 Å². The molecule has 18 heavy (non-hydrogen) atoms. The molecule has 5 nitrogen and oxygen atoms in total. The van der Waals surface area contributed by atoms with Gasteiger partial charge in [0.1, 0.15) is 12.1 Å². The normalized spacial score (nSPS) is 22.9. The van der Waals surface area contributed by atoms with Crippen LogP contribution in [0.1, 0.15) is 32.1 Å². The molecule has 1 aliphatic heterocycles. The van der Waals surface area contributed by atoms with E-state index < -0.39 is 18.1 Å². The van der Waals surface area contributed by atoms with Crippen molar-refractivity contribution in [1.29, 1.82) is 0 Å². The summed E-state index contributed by atoms with van der Waals surface area (Å²) in [6.07, 6.45) is 4.39. The first-order chi connectivity index (χ1) is 8.69. The number of rotatable bonds is 8. The number of alkyl halides is 1. The Balaban J connectivity index is 2.15. The number of hydrogen-bond donors (Lipinski definition) is 1. The van der Waals surface area contributed by atoms with Crippen LogP contribution in [0.2, 0.25) is 0 Å². The minimum Gasteiger partial charge on any atom is -0.467 e. The molecule has 0 aliphatic carbocycles. The number of ether oxygens (including phenoxy) is 2. The molecule has 1 saturated heterocycles. The molecule has 104 valence electrons. The number of carbonyl (C=O) groups excluding carboxylic acids is 2. The Labute approximate surface area is 121 Å². The van der Waals surface area contributed by atoms with E-state index in [1.807, 2.05) is 0 Å². The monoisotopic (exact) mass is 369 g/mol. The maximum absolute atomic E-state index is 11.5. The fourth-order valence-electron chi connectivity index (χ4n) is 1.86. The lowest BCUT2D eigenvalue weighted by molar-refractivity contribution is -0.143. The highest BCUT2D eigenvalue weighted by molar-refractivity contribution is 14.1. The van der Waals surface area contributed by atoms with Crippen molar-refractivity contribution < 1.29 is 19.1 Å². The number of amides is 1. The second kappa shape index (κ2) is 8.68. The molecule has 0 aromatic heterocycles. The number of methoxy groups -OCH3 is 1. The van der Waals surface area contributed by atoms with E-state index in [9.17, 15) is 9.59 Å². The van der Waals surface area contributed by atoms with Gasteiger partial charge in [-0.05, 0) is 17.3 Å². The highest BCUT2D eigenvalue weighted by Gasteiger charge is 2.37. The molecule has 2 atom stereocenters. The van der Waals surface area contributed by atoms with Crippen molar-refractivity contribution in [3.63, 3.8) is 0 Å². The highest BCUT2D eigenvalue weighted by Crippen LogP contribution is 2.14. The summed E-state index contributed by atoms with van der Waals surface area (Å²) in [5.41, 5.74) is 0. The zero-order valence-electron chi connectivity index (χ0n) is 10.6. The van der Waals surface area contributed by atoms with Crippen LogP contribution >= 0.6 is 22.6 Å². The molecule has 0 spiro atoms. The van der Waals surface area contributed by atoms with Gasteiger partial charge in [0, 0.05) is 13.0 Å². The summed E-state index contributed by atoms with van der Waals surface area (Å²) in [5.74, 6) is -0.617. The molecule has 0 aromatic carbocycles. The molecule has 1 heterocycles. The first-order valence-corrected chi connectivity index (χ1v) is 7.77. The number of hydrogen-bond acceptors (Lipinski definition) is 4. The average Bonchev–Trinajstić information content (AvgIpc) is 2.74. The summed E-state index contributed by atoms with van der Waals surface area (Å²) in [5, 5.41) is 2.58. The average molecular weight is 369 g/mol. The van der Waals surface area contributed by atoms with Crippen LogP contribution < -0.4 is 5.32 Å². The maximum Gasteiger partial charge on any atom is 0.328 e. The number of unbranched alkanes of at least 4 members (excludes halogenated alkanes) is 3. The van der Waals surface area contributed by atoms with E-state index in [1.165, 1.54) is 24.4 Å². The minimum absolute atomic E-state index is 0.210. The van der Waals surface area contributed by atoms with Gasteiger partial charge < -0.3 is 14.8 Å². The van der Waals surface area contributed by atoms with Crippen molar-refractivity contribution in [2.45, 2.75) is 44.2 Å². The molecule has 1 N–H and O–H groups in total. The maximum atomic E-state index is 11.5. The molecule has 0 aromatic rings. The summed E-state index contributed by atoms with van der Waals surface area (Å²) in [7, 11) is 1.32. The second-order valence-corrected chi connectivity index (χ2v) is 5.36. The van der Waals surface area contributed by atoms with Gasteiger partial charge in [-0.25, -0.2) is 4.79 Å². The molecule has 1 aliphatic rings. The van der Waals surface area contributed by atoms with Gasteiger partial charge in [0.2, 0.25) is 5.91 Å². The Kier molecular flexibility index (Phi) is 7.57. The van der Waals surface area contributed by atoms with Gasteiger partial charge in [0.15, 0.2) is 0 Å². The number of halogens is 1. The molecular weight excluding hydrogens is 349 g/mol. The molecule has 2 unspecified atom stereocenters. The van der Waals surface area contributed by atoms with Gasteiger partial charge in [-0.3, -0.25) is 4.79 Å². The Bertz CT molecular complexity index is 285. The Morgan fingerprint density at radius 1 is 1.39 bits per heavy atom. The van der Waals surface area contributed by atoms with Crippen molar-refractivity contribution >= 4 is 34.5 Å². The molecule has 1 amide bonds. The van der Waals surface area contributed by atoms with Crippen molar-refractivity contribution in [2.24, 2.45) is 0 Å². The van der Waals surface area contributed by atoms with Crippen molar-refractivity contribution in [3.05, 3.63) is 0 Å². The SMILES string of the molecule is COC(=O)C1CC(OCCCCCCI)C(=O)N1. The summed E-state index contributed by atoms with van der Waals surface area (Å²) in [4.78, 5) is 22.8. The highest BCUT2D eigenvalue weighted by atomic mass is 127. The van der Waals surface area contributed by atoms with Crippen molar-refractivity contribution in [3.8, 4) is 0 Å². The lowest BCUT2D eigenvalue weighted by Crippen LogP contribution is -2.34. The van der Waals surface area contributed by atoms with Gasteiger partial charge >= 0.3 is 5.97 Å². The topological polar surface area (TPSA) is 64.6 Å². The minimum atomic E-state index is -0.550. The summed E-state index contributed by atoms with van der Waals surface area (Å²) in [6, 6.07) is -0.550. The van der Waals surface area contributed by atoms with Gasteiger partial charge in [-0.15, -0.1) is 0 Å². The van der Waals surface area contributed by atoms with Crippen LogP contribution in [0.15, 0.2) is 0 Å². The fourth-order valence-corrected chi connectivity index (χ4v) is 2.40. The van der Waals surface area contributed by atoms with Crippen LogP contribution in [0.25, 0.3) is 0 Å². The third-order valence-corrected chi connectivity index (χ3v) is 3.65. The first-order valence-electron chi connectivity index (χ1n) is 6.24. The van der Waals surface area contributed by atoms with Crippen LogP contribution in [-0.2, 0) is 19.1 Å². The van der Waals surface area contributed by atoms with Crippen LogP contribution in [0.5, 0.6) is 0 Å². The van der Waals surface area contributed by atoms with Gasteiger partial charge in [0.05, 0.1) is 7.11 Å². The van der Waals surface area contributed by atoms with Crippen molar-refractivity contribution in [2.75, 3.05) is 18.1 Å². The molecule has 6 heteroatoms. The number of nitrogens with one attached hydrogen (secondary N) is 1. The van der Waals surface area contributed by atoms with E-state index in [0.717, 1.165) is 12.8 Å². The van der Waals surface area contributed by atoms with E-state index >= 15 is 0 Å². The molecule has 1 fully saturated rings. The van der Waals surface area contributed by atoms with Gasteiger partial charge in [-0.2, -0.15) is 0 Å². The predicted molar refractivity (Wildman–Crippen MR) is 75.7 cm³/mol. The summed E-state index contributed by atoms with van der Waals surface area (Å²) >= 11 is 2.37. The van der Waals surface area contributed by atoms with Crippen molar-refractivity contribution in [1.82, 2.24) is 5.32 Å². The van der Waals surface area contributed by atoms with Crippen LogP contribution in [0.3, 0.4) is 0 Å². The zero-order chi connectivity index (χ0) is 13.4. The molecule has 0 bridgehead atoms. The Morgan fingerprint density at radius 3 is 2.78 bits per heavy atom. The second-order valence-electron chi connectivity index (χ2n) is 4.28. The van der Waals surface area contributed by atoms with Crippen LogP contribution in [0, 0.1) is 0 Å². The van der Waals surface area contributed by atoms with E-state index in [-0.39, 0.29) is 5.91 Å². The first kappa shape index (κ1) is 15.7. The Morgan fingerprint density at radius 2 is 2.11 bits per heavy atom. The number of carbonyl (C=O) groups is 2. The van der Waals surface area contributed by atoms with Crippen LogP contribution in [0.4, 0.5) is 0 Å². The van der Waals surface area contributed by atoms with Gasteiger partial charge in [-0.1, -0.05) is 35.4 Å². The van der Waals surface area contributed by atoms with Gasteiger partial charge in [0.25, 0.3) is 0 Å². The smallest absolute Gasteiger partial charge is 0.328 e. The fraction of sp³-hybridized carbons (Fsp3) is 0.833. The quantitative estimate of drug-likeness (QED) is 0.304. The molecule has 0 saturated carbocycles. The summed E-state index contributed by atoms with van der Waals surface area (Å²) < 4.78 is 11.3. The van der Waals surface area contributed by atoms with E-state index in [4.69, 9.17) is 4.74 Å². The standard InChI is InChI=1S/C12H20INO4/c1-17-12(16)9-8-10(11(15)14-9)18-7-5-3-2-4-6-13/h9-10H,2-8H2,1H3,(H,14,15). The lowest BCUT2D eigenvalue weighted by Gasteiger charge is -2.08. The lowest BCUT2D eigenvalue weighted by atomic mass is 10.2. The number of esters is 1. The van der Waals surface area contributed by atoms with Crippen LogP contribution in [-0.4, -0.2) is 42.2 Å². The molecular formula is C12H20INO4. The van der Waals surface area contributed by atoms with E-state index in [2.05, 4.69) is 32.6 Å². The zero-order valence-corrected chi connectivity index (χ0v) is 12.8. The largest absolute Gasteiger partial charge is 0.467 e.